The van der Waals surface area contributed by atoms with Crippen LogP contribution in [0.5, 0.6) is 11.7 Å². The van der Waals surface area contributed by atoms with Crippen LogP contribution in [-0.2, 0) is 6.42 Å². The Morgan fingerprint density at radius 1 is 1.32 bits per heavy atom. The largest absolute Gasteiger partial charge is 0.493 e. The third-order valence-electron chi connectivity index (χ3n) is 4.99. The van der Waals surface area contributed by atoms with E-state index >= 15 is 0 Å². The standard InChI is InChI=1S/C19H21NO5/c1-23-17-5-4-16(25-17)19(22)20-18(13-9-14(21)10-13)12-2-3-15-11(8-12)6-7-24-15/h2-5,8,13-14,18,21H,6-7,9-10H2,1H3,(H,20,22)/t13?,14?,18-/m1/s1. The van der Waals surface area contributed by atoms with Gasteiger partial charge in [-0.15, -0.1) is 0 Å². The average molecular weight is 343 g/mol. The predicted molar refractivity (Wildman–Crippen MR) is 89.8 cm³/mol. The number of fused-ring (bicyclic) bond motifs is 1. The molecule has 2 heterocycles. The molecule has 1 saturated carbocycles. The molecule has 4 rings (SSSR count). The van der Waals surface area contributed by atoms with Crippen LogP contribution < -0.4 is 14.8 Å². The highest BCUT2D eigenvalue weighted by Gasteiger charge is 2.36. The molecule has 0 spiro atoms. The monoisotopic (exact) mass is 343 g/mol. The van der Waals surface area contributed by atoms with Gasteiger partial charge in [0.05, 0.1) is 25.9 Å². The van der Waals surface area contributed by atoms with Crippen molar-refractivity contribution < 1.29 is 23.8 Å². The molecule has 1 fully saturated rings. The highest BCUT2D eigenvalue weighted by Crippen LogP contribution is 2.40. The number of amides is 1. The fraction of sp³-hybridized carbons (Fsp3) is 0.421. The number of carbonyl (C=O) groups excluding carboxylic acids is 1. The summed E-state index contributed by atoms with van der Waals surface area (Å²) >= 11 is 0. The van der Waals surface area contributed by atoms with Gasteiger partial charge in [0, 0.05) is 12.5 Å². The Balaban J connectivity index is 1.57. The number of ether oxygens (including phenoxy) is 2. The number of carbonyl (C=O) groups is 1. The molecule has 6 heteroatoms. The molecule has 2 N–H and O–H groups in total. The Morgan fingerprint density at radius 3 is 2.88 bits per heavy atom. The quantitative estimate of drug-likeness (QED) is 0.872. The molecular weight excluding hydrogens is 322 g/mol. The molecule has 0 saturated heterocycles. The Labute approximate surface area is 145 Å². The summed E-state index contributed by atoms with van der Waals surface area (Å²) in [6.45, 7) is 0.699. The molecule has 25 heavy (non-hydrogen) atoms. The second-order valence-corrected chi connectivity index (χ2v) is 6.62. The van der Waals surface area contributed by atoms with Crippen molar-refractivity contribution in [3.05, 3.63) is 47.2 Å². The maximum absolute atomic E-state index is 12.6. The van der Waals surface area contributed by atoms with Crippen molar-refractivity contribution >= 4 is 5.91 Å². The maximum Gasteiger partial charge on any atom is 0.287 e. The van der Waals surface area contributed by atoms with Crippen LogP contribution in [0.15, 0.2) is 34.7 Å². The highest BCUT2D eigenvalue weighted by molar-refractivity contribution is 5.91. The van der Waals surface area contributed by atoms with Crippen molar-refractivity contribution in [2.24, 2.45) is 5.92 Å². The first kappa shape index (κ1) is 16.0. The second kappa shape index (κ2) is 6.44. The number of benzene rings is 1. The van der Waals surface area contributed by atoms with E-state index in [0.29, 0.717) is 25.4 Å². The van der Waals surface area contributed by atoms with E-state index in [4.69, 9.17) is 13.9 Å². The topological polar surface area (TPSA) is 80.9 Å². The third-order valence-corrected chi connectivity index (χ3v) is 4.99. The number of furan rings is 1. The second-order valence-electron chi connectivity index (χ2n) is 6.62. The Morgan fingerprint density at radius 2 is 2.16 bits per heavy atom. The maximum atomic E-state index is 12.6. The van der Waals surface area contributed by atoms with Gasteiger partial charge in [-0.1, -0.05) is 6.07 Å². The zero-order valence-electron chi connectivity index (χ0n) is 14.0. The van der Waals surface area contributed by atoms with Gasteiger partial charge < -0.3 is 24.3 Å². The summed E-state index contributed by atoms with van der Waals surface area (Å²) in [5, 5.41) is 12.7. The van der Waals surface area contributed by atoms with Gasteiger partial charge in [-0.25, -0.2) is 0 Å². The summed E-state index contributed by atoms with van der Waals surface area (Å²) in [7, 11) is 1.49. The van der Waals surface area contributed by atoms with E-state index < -0.39 is 0 Å². The van der Waals surface area contributed by atoms with E-state index in [-0.39, 0.29) is 29.7 Å². The van der Waals surface area contributed by atoms with E-state index in [1.54, 1.807) is 12.1 Å². The molecule has 0 radical (unpaired) electrons. The van der Waals surface area contributed by atoms with Gasteiger partial charge >= 0.3 is 0 Å². The average Bonchev–Trinajstić information content (AvgIpc) is 3.25. The van der Waals surface area contributed by atoms with E-state index in [1.165, 1.54) is 7.11 Å². The van der Waals surface area contributed by atoms with Crippen LogP contribution in [0.25, 0.3) is 0 Å². The van der Waals surface area contributed by atoms with Crippen LogP contribution in [0.4, 0.5) is 0 Å². The van der Waals surface area contributed by atoms with Gasteiger partial charge in [0.2, 0.25) is 0 Å². The minimum Gasteiger partial charge on any atom is -0.493 e. The fourth-order valence-electron chi connectivity index (χ4n) is 3.54. The molecule has 2 aliphatic rings. The van der Waals surface area contributed by atoms with Gasteiger partial charge in [-0.3, -0.25) is 4.79 Å². The van der Waals surface area contributed by atoms with Crippen molar-refractivity contribution in [2.75, 3.05) is 13.7 Å². The van der Waals surface area contributed by atoms with Crippen molar-refractivity contribution in [1.29, 1.82) is 0 Å². The normalized spacial score (nSPS) is 22.5. The summed E-state index contributed by atoms with van der Waals surface area (Å²) in [5.74, 6) is 1.35. The van der Waals surface area contributed by atoms with Crippen LogP contribution in [-0.4, -0.2) is 30.8 Å². The SMILES string of the molecule is COc1ccc(C(=O)N[C@H](c2ccc3c(c2)CCO3)C2CC(O)C2)o1. The Kier molecular flexibility index (Phi) is 4.13. The molecule has 1 amide bonds. The molecule has 1 aliphatic heterocycles. The van der Waals surface area contributed by atoms with Crippen molar-refractivity contribution in [3.63, 3.8) is 0 Å². The van der Waals surface area contributed by atoms with Gasteiger partial charge in [0.1, 0.15) is 5.75 Å². The molecule has 2 aromatic rings. The highest BCUT2D eigenvalue weighted by atomic mass is 16.6. The van der Waals surface area contributed by atoms with Gasteiger partial charge in [-0.2, -0.15) is 0 Å². The van der Waals surface area contributed by atoms with Gasteiger partial charge in [0.15, 0.2) is 5.76 Å². The van der Waals surface area contributed by atoms with Crippen LogP contribution >= 0.6 is 0 Å². The third kappa shape index (κ3) is 3.09. The minimum atomic E-state index is -0.286. The zero-order valence-corrected chi connectivity index (χ0v) is 14.0. The van der Waals surface area contributed by atoms with Gasteiger partial charge in [-0.05, 0) is 48.1 Å². The fourth-order valence-corrected chi connectivity index (χ4v) is 3.54. The Bertz CT molecular complexity index is 778. The van der Waals surface area contributed by atoms with E-state index in [0.717, 1.165) is 23.3 Å². The molecule has 0 bridgehead atoms. The lowest BCUT2D eigenvalue weighted by molar-refractivity contribution is 0.0232. The summed E-state index contributed by atoms with van der Waals surface area (Å²) in [4.78, 5) is 12.6. The summed E-state index contributed by atoms with van der Waals surface area (Å²) < 4.78 is 15.9. The number of nitrogens with one attached hydrogen (secondary N) is 1. The molecule has 132 valence electrons. The summed E-state index contributed by atoms with van der Waals surface area (Å²) in [6, 6.07) is 9.09. The van der Waals surface area contributed by atoms with Crippen LogP contribution in [0, 0.1) is 5.92 Å². The Hall–Kier alpha value is -2.47. The predicted octanol–water partition coefficient (Wildman–Crippen LogP) is 2.47. The molecule has 1 aromatic heterocycles. The zero-order chi connectivity index (χ0) is 17.4. The van der Waals surface area contributed by atoms with E-state index in [2.05, 4.69) is 11.4 Å². The number of rotatable bonds is 5. The van der Waals surface area contributed by atoms with E-state index in [1.807, 2.05) is 12.1 Å². The van der Waals surface area contributed by atoms with Crippen molar-refractivity contribution in [1.82, 2.24) is 5.32 Å². The lowest BCUT2D eigenvalue weighted by Gasteiger charge is -2.38. The van der Waals surface area contributed by atoms with Crippen molar-refractivity contribution in [3.8, 4) is 11.7 Å². The van der Waals surface area contributed by atoms with E-state index in [9.17, 15) is 9.90 Å². The number of aliphatic hydroxyl groups excluding tert-OH is 1. The minimum absolute atomic E-state index is 0.169. The van der Waals surface area contributed by atoms with Crippen molar-refractivity contribution in [2.45, 2.75) is 31.4 Å². The molecule has 1 aliphatic carbocycles. The summed E-state index contributed by atoms with van der Waals surface area (Å²) in [6.07, 6.45) is 1.96. The first-order chi connectivity index (χ1) is 12.1. The number of hydrogen-bond acceptors (Lipinski definition) is 5. The molecule has 1 aromatic carbocycles. The summed E-state index contributed by atoms with van der Waals surface area (Å²) in [5.41, 5.74) is 2.20. The number of methoxy groups -OCH3 is 1. The number of aliphatic hydroxyl groups is 1. The van der Waals surface area contributed by atoms with Crippen LogP contribution in [0.3, 0.4) is 0 Å². The molecule has 0 unspecified atom stereocenters. The number of hydrogen-bond donors (Lipinski definition) is 2. The lowest BCUT2D eigenvalue weighted by atomic mass is 9.75. The van der Waals surface area contributed by atoms with Crippen LogP contribution in [0.1, 0.15) is 40.6 Å². The smallest absolute Gasteiger partial charge is 0.287 e. The molecule has 1 atom stereocenters. The first-order valence-corrected chi connectivity index (χ1v) is 8.52. The van der Waals surface area contributed by atoms with Gasteiger partial charge in [0.25, 0.3) is 11.9 Å². The molecular formula is C19H21NO5. The lowest BCUT2D eigenvalue weighted by Crippen LogP contribution is -2.41. The van der Waals surface area contributed by atoms with Crippen LogP contribution in [0.2, 0.25) is 0 Å². The molecule has 6 nitrogen and oxygen atoms in total. The first-order valence-electron chi connectivity index (χ1n) is 8.52.